The van der Waals surface area contributed by atoms with Crippen LogP contribution >= 0.6 is 11.8 Å². The second-order valence-electron chi connectivity index (χ2n) is 6.73. The lowest BCUT2D eigenvalue weighted by Gasteiger charge is -2.14. The van der Waals surface area contributed by atoms with Gasteiger partial charge in [0.25, 0.3) is 5.76 Å². The van der Waals surface area contributed by atoms with Crippen LogP contribution < -0.4 is 10.6 Å². The van der Waals surface area contributed by atoms with E-state index in [1.54, 1.807) is 48.5 Å². The van der Waals surface area contributed by atoms with Gasteiger partial charge in [0.2, 0.25) is 11.8 Å². The van der Waals surface area contributed by atoms with Crippen LogP contribution in [0.2, 0.25) is 0 Å². The quantitative estimate of drug-likeness (QED) is 0.431. The van der Waals surface area contributed by atoms with Gasteiger partial charge in [-0.15, -0.1) is 0 Å². The first-order chi connectivity index (χ1) is 14.9. The third-order valence-corrected chi connectivity index (χ3v) is 5.30. The van der Waals surface area contributed by atoms with Gasteiger partial charge in [0.15, 0.2) is 5.16 Å². The van der Waals surface area contributed by atoms with Crippen LogP contribution in [0.25, 0.3) is 11.0 Å². The van der Waals surface area contributed by atoms with Gasteiger partial charge in [0.1, 0.15) is 6.54 Å². The van der Waals surface area contributed by atoms with E-state index in [0.29, 0.717) is 22.3 Å². The fourth-order valence-corrected chi connectivity index (χ4v) is 3.87. The molecule has 1 aliphatic rings. The fourth-order valence-electron chi connectivity index (χ4n) is 3.27. The Labute approximate surface area is 179 Å². The number of carbonyl (C=O) groups is 3. The number of anilines is 1. The van der Waals surface area contributed by atoms with Crippen molar-refractivity contribution in [2.75, 3.05) is 11.9 Å². The molecular weight excluding hydrogens is 428 g/mol. The standard InChI is InChI=1S/C20H17F2N5O3S/c21-18(22)31-20-25-14-6-1-2-7-15(14)26(20)11-16(28)24-13-5-3-4-12(8-13)10-27-17(29)9-23-19(27)30/h1-8,18H,9-11H2,(H,23,30)(H,24,28). The molecule has 0 unspecified atom stereocenters. The highest BCUT2D eigenvalue weighted by molar-refractivity contribution is 7.99. The average Bonchev–Trinajstić information content (AvgIpc) is 3.22. The number of thioether (sulfide) groups is 1. The summed E-state index contributed by atoms with van der Waals surface area (Å²) < 4.78 is 27.3. The maximum absolute atomic E-state index is 12.9. The highest BCUT2D eigenvalue weighted by Gasteiger charge is 2.28. The number of fused-ring (bicyclic) bond motifs is 1. The van der Waals surface area contributed by atoms with Crippen molar-refractivity contribution in [1.29, 1.82) is 0 Å². The fraction of sp³-hybridized carbons (Fsp3) is 0.200. The number of para-hydroxylation sites is 2. The molecule has 0 saturated carbocycles. The van der Waals surface area contributed by atoms with Crippen LogP contribution in [0.5, 0.6) is 0 Å². The zero-order chi connectivity index (χ0) is 22.0. The molecule has 2 aromatic carbocycles. The van der Waals surface area contributed by atoms with Gasteiger partial charge in [-0.3, -0.25) is 14.5 Å². The Morgan fingerprint density at radius 1 is 1.19 bits per heavy atom. The summed E-state index contributed by atoms with van der Waals surface area (Å²) in [4.78, 5) is 41.4. The molecule has 3 aromatic rings. The van der Waals surface area contributed by atoms with Gasteiger partial charge < -0.3 is 15.2 Å². The van der Waals surface area contributed by atoms with Crippen molar-refractivity contribution < 1.29 is 23.2 Å². The van der Waals surface area contributed by atoms with Gasteiger partial charge in [-0.1, -0.05) is 24.3 Å². The molecular formula is C20H17F2N5O3S. The highest BCUT2D eigenvalue weighted by atomic mass is 32.2. The Morgan fingerprint density at radius 2 is 2.00 bits per heavy atom. The molecule has 0 bridgehead atoms. The molecule has 0 aliphatic carbocycles. The molecule has 4 rings (SSSR count). The number of benzene rings is 2. The molecule has 0 atom stereocenters. The predicted octanol–water partition coefficient (Wildman–Crippen LogP) is 3.04. The summed E-state index contributed by atoms with van der Waals surface area (Å²) >= 11 is 0.283. The predicted molar refractivity (Wildman–Crippen MR) is 111 cm³/mol. The first-order valence-corrected chi connectivity index (χ1v) is 10.2. The monoisotopic (exact) mass is 445 g/mol. The molecule has 2 heterocycles. The molecule has 0 radical (unpaired) electrons. The number of hydrogen-bond donors (Lipinski definition) is 2. The lowest BCUT2D eigenvalue weighted by atomic mass is 10.2. The van der Waals surface area contributed by atoms with Gasteiger partial charge in [-0.25, -0.2) is 9.78 Å². The lowest BCUT2D eigenvalue weighted by Crippen LogP contribution is -2.30. The maximum Gasteiger partial charge on any atom is 0.324 e. The van der Waals surface area contributed by atoms with Gasteiger partial charge in [0, 0.05) is 5.69 Å². The SMILES string of the molecule is O=C(Cn1c(SC(F)F)nc2ccccc21)Nc1cccc(CN2C(=O)CNC2=O)c1. The zero-order valence-corrected chi connectivity index (χ0v) is 16.9. The summed E-state index contributed by atoms with van der Waals surface area (Å²) in [6.07, 6.45) is 0. The smallest absolute Gasteiger partial charge is 0.324 e. The van der Waals surface area contributed by atoms with E-state index in [9.17, 15) is 23.2 Å². The van der Waals surface area contributed by atoms with Crippen LogP contribution in [-0.4, -0.2) is 44.6 Å². The summed E-state index contributed by atoms with van der Waals surface area (Å²) in [5.41, 5.74) is 2.22. The summed E-state index contributed by atoms with van der Waals surface area (Å²) in [5, 5.41) is 5.23. The van der Waals surface area contributed by atoms with Crippen LogP contribution in [0.4, 0.5) is 19.3 Å². The van der Waals surface area contributed by atoms with Crippen molar-refractivity contribution in [2.45, 2.75) is 24.0 Å². The number of imide groups is 1. The van der Waals surface area contributed by atoms with E-state index in [2.05, 4.69) is 15.6 Å². The van der Waals surface area contributed by atoms with E-state index in [-0.39, 0.29) is 42.5 Å². The number of rotatable bonds is 7. The summed E-state index contributed by atoms with van der Waals surface area (Å²) in [6.45, 7) is -0.157. The number of nitrogens with one attached hydrogen (secondary N) is 2. The van der Waals surface area contributed by atoms with Crippen LogP contribution in [0.15, 0.2) is 53.7 Å². The molecule has 1 aliphatic heterocycles. The number of alkyl halides is 2. The lowest BCUT2D eigenvalue weighted by molar-refractivity contribution is -0.125. The van der Waals surface area contributed by atoms with Crippen LogP contribution in [0.3, 0.4) is 0 Å². The molecule has 1 fully saturated rings. The Kier molecular flexibility index (Phi) is 5.85. The first kappa shape index (κ1) is 20.8. The second-order valence-corrected chi connectivity index (χ2v) is 7.69. The summed E-state index contributed by atoms with van der Waals surface area (Å²) in [5.74, 6) is -3.41. The largest absolute Gasteiger partial charge is 0.329 e. The number of halogens is 2. The minimum Gasteiger partial charge on any atom is -0.329 e. The molecule has 31 heavy (non-hydrogen) atoms. The van der Waals surface area contributed by atoms with E-state index in [0.717, 1.165) is 4.90 Å². The number of urea groups is 1. The zero-order valence-electron chi connectivity index (χ0n) is 16.0. The third-order valence-electron chi connectivity index (χ3n) is 4.60. The highest BCUT2D eigenvalue weighted by Crippen LogP contribution is 2.28. The van der Waals surface area contributed by atoms with Crippen LogP contribution in [-0.2, 0) is 22.7 Å². The molecule has 1 aromatic heterocycles. The second kappa shape index (κ2) is 8.72. The van der Waals surface area contributed by atoms with Crippen molar-refractivity contribution in [3.63, 3.8) is 0 Å². The number of imidazole rings is 1. The molecule has 4 amide bonds. The van der Waals surface area contributed by atoms with Crippen LogP contribution in [0, 0.1) is 0 Å². The number of amides is 4. The number of aromatic nitrogens is 2. The number of hydrogen-bond acceptors (Lipinski definition) is 5. The van der Waals surface area contributed by atoms with Gasteiger partial charge in [-0.2, -0.15) is 8.78 Å². The molecule has 8 nitrogen and oxygen atoms in total. The van der Waals surface area contributed by atoms with Gasteiger partial charge in [-0.05, 0) is 41.6 Å². The Balaban J connectivity index is 1.49. The van der Waals surface area contributed by atoms with Crippen molar-refractivity contribution in [3.8, 4) is 0 Å². The molecule has 11 heteroatoms. The number of carbonyl (C=O) groups excluding carboxylic acids is 3. The average molecular weight is 445 g/mol. The van der Waals surface area contributed by atoms with Crippen molar-refractivity contribution in [2.24, 2.45) is 0 Å². The van der Waals surface area contributed by atoms with E-state index in [4.69, 9.17) is 0 Å². The Morgan fingerprint density at radius 3 is 2.74 bits per heavy atom. The van der Waals surface area contributed by atoms with Crippen molar-refractivity contribution >= 4 is 46.3 Å². The minimum atomic E-state index is -2.67. The van der Waals surface area contributed by atoms with E-state index >= 15 is 0 Å². The topological polar surface area (TPSA) is 96.3 Å². The number of nitrogens with zero attached hydrogens (tertiary/aromatic N) is 3. The molecule has 2 N–H and O–H groups in total. The molecule has 1 saturated heterocycles. The van der Waals surface area contributed by atoms with Crippen molar-refractivity contribution in [3.05, 3.63) is 54.1 Å². The van der Waals surface area contributed by atoms with E-state index in [1.807, 2.05) is 0 Å². The Hall–Kier alpha value is -3.47. The first-order valence-electron chi connectivity index (χ1n) is 9.28. The van der Waals surface area contributed by atoms with Crippen molar-refractivity contribution in [1.82, 2.24) is 19.8 Å². The third kappa shape index (κ3) is 4.66. The normalized spacial score (nSPS) is 13.8. The van der Waals surface area contributed by atoms with E-state index < -0.39 is 17.7 Å². The van der Waals surface area contributed by atoms with E-state index in [1.165, 1.54) is 4.57 Å². The summed E-state index contributed by atoms with van der Waals surface area (Å²) in [7, 11) is 0. The molecule has 160 valence electrons. The van der Waals surface area contributed by atoms with Gasteiger partial charge >= 0.3 is 6.03 Å². The van der Waals surface area contributed by atoms with Crippen LogP contribution in [0.1, 0.15) is 5.56 Å². The van der Waals surface area contributed by atoms with Gasteiger partial charge in [0.05, 0.1) is 24.1 Å². The summed E-state index contributed by atoms with van der Waals surface area (Å²) in [6, 6.07) is 13.2. The molecule has 0 spiro atoms. The maximum atomic E-state index is 12.9. The minimum absolute atomic E-state index is 0.0346. The Bertz CT molecular complexity index is 1150.